The first-order valence-corrected chi connectivity index (χ1v) is 5.65. The van der Waals surface area contributed by atoms with E-state index in [1.165, 1.54) is 6.42 Å². The van der Waals surface area contributed by atoms with E-state index in [0.29, 0.717) is 5.92 Å². The summed E-state index contributed by atoms with van der Waals surface area (Å²) in [4.78, 5) is 13.5. The van der Waals surface area contributed by atoms with Crippen molar-refractivity contribution in [2.24, 2.45) is 11.3 Å². The molecular formula is C11H20ClNO2. The number of carbonyl (C=O) groups is 1. The molecule has 1 atom stereocenters. The van der Waals surface area contributed by atoms with Crippen LogP contribution in [-0.2, 0) is 4.79 Å². The van der Waals surface area contributed by atoms with Crippen LogP contribution in [0.4, 0.5) is 0 Å². The average Bonchev–Trinajstić information content (AvgIpc) is 2.98. The largest absolute Gasteiger partial charge is 0.481 e. The van der Waals surface area contributed by atoms with Crippen molar-refractivity contribution in [3.05, 3.63) is 0 Å². The quantitative estimate of drug-likeness (QED) is 0.811. The number of nitrogens with zero attached hydrogens (tertiary/aromatic N) is 1. The predicted molar refractivity (Wildman–Crippen MR) is 61.4 cm³/mol. The third-order valence-corrected chi connectivity index (χ3v) is 3.95. The molecule has 2 rings (SSSR count). The minimum atomic E-state index is -0.555. The third kappa shape index (κ3) is 2.28. The Morgan fingerprint density at radius 3 is 2.67 bits per heavy atom. The standard InChI is InChI=1S/C11H19NO2.ClH/c1-2-12-7-3-4-9(8-12)11(5-6-11)10(13)14;/h9H,2-8H2,1H3,(H,13,14);1H. The van der Waals surface area contributed by atoms with Gasteiger partial charge in [-0.05, 0) is 44.7 Å². The maximum atomic E-state index is 11.2. The van der Waals surface area contributed by atoms with Crippen LogP contribution < -0.4 is 0 Å². The Morgan fingerprint density at radius 1 is 1.53 bits per heavy atom. The van der Waals surface area contributed by atoms with Gasteiger partial charge in [-0.1, -0.05) is 6.92 Å². The lowest BCUT2D eigenvalue weighted by atomic mass is 9.82. The van der Waals surface area contributed by atoms with Crippen molar-refractivity contribution in [2.45, 2.75) is 32.6 Å². The van der Waals surface area contributed by atoms with Crippen LogP contribution in [0.5, 0.6) is 0 Å². The normalized spacial score (nSPS) is 29.3. The van der Waals surface area contributed by atoms with E-state index < -0.39 is 5.97 Å². The van der Waals surface area contributed by atoms with Gasteiger partial charge in [0.05, 0.1) is 5.41 Å². The molecule has 0 aromatic rings. The van der Waals surface area contributed by atoms with Crippen LogP contribution in [0, 0.1) is 11.3 Å². The van der Waals surface area contributed by atoms with Gasteiger partial charge in [0.25, 0.3) is 0 Å². The number of carboxylic acid groups (broad SMARTS) is 1. The second kappa shape index (κ2) is 4.71. The summed E-state index contributed by atoms with van der Waals surface area (Å²) in [5, 5.41) is 9.20. The van der Waals surface area contributed by atoms with Crippen molar-refractivity contribution in [3.63, 3.8) is 0 Å². The predicted octanol–water partition coefficient (Wildman–Crippen LogP) is 2.00. The zero-order valence-corrected chi connectivity index (χ0v) is 10.1. The van der Waals surface area contributed by atoms with Gasteiger partial charge in [0, 0.05) is 6.54 Å². The molecule has 2 aliphatic rings. The summed E-state index contributed by atoms with van der Waals surface area (Å²) in [6.07, 6.45) is 4.10. The van der Waals surface area contributed by atoms with Crippen molar-refractivity contribution >= 4 is 18.4 Å². The van der Waals surface area contributed by atoms with E-state index in [1.54, 1.807) is 0 Å². The van der Waals surface area contributed by atoms with Gasteiger partial charge >= 0.3 is 5.97 Å². The molecule has 4 heteroatoms. The molecule has 0 spiro atoms. The molecule has 0 aromatic carbocycles. The number of rotatable bonds is 3. The lowest BCUT2D eigenvalue weighted by molar-refractivity contribution is -0.146. The van der Waals surface area contributed by atoms with Crippen LogP contribution >= 0.6 is 12.4 Å². The monoisotopic (exact) mass is 233 g/mol. The summed E-state index contributed by atoms with van der Waals surface area (Å²) in [6, 6.07) is 0. The molecule has 1 aliphatic heterocycles. The minimum Gasteiger partial charge on any atom is -0.481 e. The minimum absolute atomic E-state index is 0. The van der Waals surface area contributed by atoms with Gasteiger partial charge in [-0.2, -0.15) is 0 Å². The van der Waals surface area contributed by atoms with Gasteiger partial charge in [0.2, 0.25) is 0 Å². The van der Waals surface area contributed by atoms with Crippen LogP contribution in [0.15, 0.2) is 0 Å². The summed E-state index contributed by atoms with van der Waals surface area (Å²) in [6.45, 7) is 5.38. The molecule has 2 fully saturated rings. The Bertz CT molecular complexity index is 241. The zero-order valence-electron chi connectivity index (χ0n) is 9.24. The van der Waals surface area contributed by atoms with E-state index >= 15 is 0 Å². The van der Waals surface area contributed by atoms with Crippen LogP contribution in [0.25, 0.3) is 0 Å². The Labute approximate surface area is 97.2 Å². The number of hydrogen-bond acceptors (Lipinski definition) is 2. The molecule has 0 bridgehead atoms. The van der Waals surface area contributed by atoms with Crippen molar-refractivity contribution in [1.29, 1.82) is 0 Å². The van der Waals surface area contributed by atoms with E-state index in [2.05, 4.69) is 11.8 Å². The first kappa shape index (κ1) is 12.8. The topological polar surface area (TPSA) is 40.5 Å². The smallest absolute Gasteiger partial charge is 0.309 e. The van der Waals surface area contributed by atoms with Crippen LogP contribution in [0.3, 0.4) is 0 Å². The summed E-state index contributed by atoms with van der Waals surface area (Å²) >= 11 is 0. The highest BCUT2D eigenvalue weighted by molar-refractivity contribution is 5.85. The van der Waals surface area contributed by atoms with Crippen molar-refractivity contribution < 1.29 is 9.90 Å². The first-order valence-electron chi connectivity index (χ1n) is 5.65. The Kier molecular flexibility index (Phi) is 4.01. The average molecular weight is 234 g/mol. The fourth-order valence-electron chi connectivity index (χ4n) is 2.73. The maximum Gasteiger partial charge on any atom is 0.309 e. The molecule has 0 aromatic heterocycles. The number of piperidine rings is 1. The second-order valence-corrected chi connectivity index (χ2v) is 4.69. The summed E-state index contributed by atoms with van der Waals surface area (Å²) in [7, 11) is 0. The molecular weight excluding hydrogens is 214 g/mol. The highest BCUT2D eigenvalue weighted by atomic mass is 35.5. The molecule has 0 amide bonds. The van der Waals surface area contributed by atoms with Crippen molar-refractivity contribution in [3.8, 4) is 0 Å². The zero-order chi connectivity index (χ0) is 10.2. The fourth-order valence-corrected chi connectivity index (χ4v) is 2.73. The number of carboxylic acids is 1. The summed E-state index contributed by atoms with van der Waals surface area (Å²) in [5.41, 5.74) is -0.326. The number of halogens is 1. The van der Waals surface area contributed by atoms with Crippen LogP contribution in [-0.4, -0.2) is 35.6 Å². The number of likely N-dealkylation sites (tertiary alicyclic amines) is 1. The molecule has 1 aliphatic carbocycles. The molecule has 88 valence electrons. The highest BCUT2D eigenvalue weighted by Crippen LogP contribution is 2.54. The second-order valence-electron chi connectivity index (χ2n) is 4.69. The number of hydrogen-bond donors (Lipinski definition) is 1. The van der Waals surface area contributed by atoms with Crippen molar-refractivity contribution in [2.75, 3.05) is 19.6 Å². The van der Waals surface area contributed by atoms with Gasteiger partial charge in [0.15, 0.2) is 0 Å². The van der Waals surface area contributed by atoms with Crippen LogP contribution in [0.2, 0.25) is 0 Å². The maximum absolute atomic E-state index is 11.2. The van der Waals surface area contributed by atoms with Gasteiger partial charge in [-0.25, -0.2) is 0 Å². The van der Waals surface area contributed by atoms with Gasteiger partial charge in [0.1, 0.15) is 0 Å². The first-order chi connectivity index (χ1) is 6.69. The Morgan fingerprint density at radius 2 is 2.20 bits per heavy atom. The van der Waals surface area contributed by atoms with Gasteiger partial charge < -0.3 is 10.0 Å². The van der Waals surface area contributed by atoms with E-state index in [-0.39, 0.29) is 17.8 Å². The number of aliphatic carboxylic acids is 1. The fraction of sp³-hybridized carbons (Fsp3) is 0.909. The van der Waals surface area contributed by atoms with Gasteiger partial charge in [-0.15, -0.1) is 12.4 Å². The Balaban J connectivity index is 0.00000112. The van der Waals surface area contributed by atoms with E-state index in [9.17, 15) is 9.90 Å². The van der Waals surface area contributed by atoms with E-state index in [4.69, 9.17) is 0 Å². The molecule has 1 saturated carbocycles. The van der Waals surface area contributed by atoms with Crippen molar-refractivity contribution in [1.82, 2.24) is 4.90 Å². The molecule has 3 nitrogen and oxygen atoms in total. The lowest BCUT2D eigenvalue weighted by Gasteiger charge is -2.35. The molecule has 1 unspecified atom stereocenters. The molecule has 0 radical (unpaired) electrons. The molecule has 15 heavy (non-hydrogen) atoms. The Hall–Kier alpha value is -0.280. The lowest BCUT2D eigenvalue weighted by Crippen LogP contribution is -2.41. The third-order valence-electron chi connectivity index (χ3n) is 3.95. The molecule has 1 saturated heterocycles. The summed E-state index contributed by atoms with van der Waals surface area (Å²) < 4.78 is 0. The highest BCUT2D eigenvalue weighted by Gasteiger charge is 2.56. The van der Waals surface area contributed by atoms with Crippen LogP contribution in [0.1, 0.15) is 32.6 Å². The molecule has 1 N–H and O–H groups in total. The van der Waals surface area contributed by atoms with E-state index in [0.717, 1.165) is 38.9 Å². The van der Waals surface area contributed by atoms with E-state index in [1.807, 2.05) is 0 Å². The van der Waals surface area contributed by atoms with Gasteiger partial charge in [-0.3, -0.25) is 4.79 Å². The SMILES string of the molecule is CCN1CCCC(C2(C(=O)O)CC2)C1.Cl. The summed E-state index contributed by atoms with van der Waals surface area (Å²) in [5.74, 6) is -0.144. The molecule has 1 heterocycles.